The molecule has 2 nitrogen and oxygen atoms in total. The Morgan fingerprint density at radius 2 is 2.08 bits per heavy atom. The van der Waals surface area contributed by atoms with Crippen molar-refractivity contribution in [1.82, 2.24) is 0 Å². The van der Waals surface area contributed by atoms with Gasteiger partial charge in [-0.1, -0.05) is 24.3 Å². The number of hydrogen-bond donors (Lipinski definition) is 1. The normalized spacial score (nSPS) is 25.3. The van der Waals surface area contributed by atoms with Crippen molar-refractivity contribution >= 4 is 0 Å². The van der Waals surface area contributed by atoms with Gasteiger partial charge in [0.25, 0.3) is 0 Å². The predicted octanol–water partition coefficient (Wildman–Crippen LogP) is 1.95. The Morgan fingerprint density at radius 1 is 1.38 bits per heavy atom. The van der Waals surface area contributed by atoms with E-state index in [9.17, 15) is 0 Å². The Hall–Kier alpha value is -0.860. The van der Waals surface area contributed by atoms with E-state index in [2.05, 4.69) is 26.0 Å². The number of hydrogen-bond acceptors (Lipinski definition) is 2. The largest absolute Gasteiger partial charge is 0.369 e. The quantitative estimate of drug-likeness (QED) is 0.657. The van der Waals surface area contributed by atoms with Gasteiger partial charge in [-0.05, 0) is 25.0 Å². The zero-order valence-corrected chi connectivity index (χ0v) is 8.08. The number of nitrogens with two attached hydrogens (primary N) is 1. The number of ether oxygens (including phenoxy) is 1. The Kier molecular flexibility index (Phi) is 1.90. The lowest BCUT2D eigenvalue weighted by Gasteiger charge is -2.35. The molecular formula is C11H15NO. The molecule has 0 fully saturated rings. The molecule has 13 heavy (non-hydrogen) atoms. The fraction of sp³-hybridized carbons (Fsp3) is 0.455. The number of benzene rings is 1. The summed E-state index contributed by atoms with van der Waals surface area (Å²) < 4.78 is 5.68. The molecule has 0 saturated heterocycles. The minimum Gasteiger partial charge on any atom is -0.369 e. The van der Waals surface area contributed by atoms with Gasteiger partial charge in [-0.25, -0.2) is 0 Å². The summed E-state index contributed by atoms with van der Waals surface area (Å²) in [6, 6.07) is 8.27. The van der Waals surface area contributed by atoms with Gasteiger partial charge in [0, 0.05) is 0 Å². The first-order valence-electron chi connectivity index (χ1n) is 4.60. The van der Waals surface area contributed by atoms with Crippen molar-refractivity contribution in [3.63, 3.8) is 0 Å². The minimum absolute atomic E-state index is 0.0317. The monoisotopic (exact) mass is 177 g/mol. The van der Waals surface area contributed by atoms with Crippen molar-refractivity contribution in [2.45, 2.75) is 25.5 Å². The lowest BCUT2D eigenvalue weighted by Crippen LogP contribution is -2.35. The lowest BCUT2D eigenvalue weighted by atomic mass is 9.87. The van der Waals surface area contributed by atoms with Gasteiger partial charge >= 0.3 is 0 Å². The zero-order chi connectivity index (χ0) is 9.47. The van der Waals surface area contributed by atoms with E-state index in [1.54, 1.807) is 0 Å². The topological polar surface area (TPSA) is 35.2 Å². The van der Waals surface area contributed by atoms with Crippen LogP contribution in [0.1, 0.15) is 31.0 Å². The van der Waals surface area contributed by atoms with Crippen molar-refractivity contribution in [1.29, 1.82) is 0 Å². The van der Waals surface area contributed by atoms with Gasteiger partial charge in [-0.3, -0.25) is 0 Å². The van der Waals surface area contributed by atoms with E-state index >= 15 is 0 Å². The van der Waals surface area contributed by atoms with Gasteiger partial charge in [-0.15, -0.1) is 0 Å². The van der Waals surface area contributed by atoms with E-state index in [4.69, 9.17) is 10.5 Å². The lowest BCUT2D eigenvalue weighted by molar-refractivity contribution is -0.0421. The van der Waals surface area contributed by atoms with E-state index in [1.807, 2.05) is 12.1 Å². The summed E-state index contributed by atoms with van der Waals surface area (Å²) in [5.41, 5.74) is 8.19. The zero-order valence-electron chi connectivity index (χ0n) is 8.08. The van der Waals surface area contributed by atoms with E-state index in [0.717, 1.165) is 0 Å². The molecule has 0 bridgehead atoms. The van der Waals surface area contributed by atoms with Crippen LogP contribution in [0, 0.1) is 0 Å². The number of fused-ring (bicyclic) bond motifs is 1. The van der Waals surface area contributed by atoms with Gasteiger partial charge in [-0.2, -0.15) is 0 Å². The molecule has 1 atom stereocenters. The number of rotatable bonds is 0. The Balaban J connectivity index is 2.55. The highest BCUT2D eigenvalue weighted by atomic mass is 16.5. The third-order valence-electron chi connectivity index (χ3n) is 2.63. The van der Waals surface area contributed by atoms with Crippen LogP contribution in [0.15, 0.2) is 24.3 Å². The van der Waals surface area contributed by atoms with Crippen LogP contribution in [0.3, 0.4) is 0 Å². The van der Waals surface area contributed by atoms with Crippen LogP contribution in [0.5, 0.6) is 0 Å². The summed E-state index contributed by atoms with van der Waals surface area (Å²) >= 11 is 0. The summed E-state index contributed by atoms with van der Waals surface area (Å²) in [4.78, 5) is 0. The highest BCUT2D eigenvalue weighted by molar-refractivity contribution is 5.35. The average molecular weight is 177 g/mol. The second-order valence-corrected chi connectivity index (χ2v) is 4.02. The van der Waals surface area contributed by atoms with Crippen LogP contribution >= 0.6 is 0 Å². The Labute approximate surface area is 78.7 Å². The molecule has 0 spiro atoms. The molecule has 2 N–H and O–H groups in total. The molecule has 70 valence electrons. The average Bonchev–Trinajstić information content (AvgIpc) is 2.13. The molecule has 1 aliphatic heterocycles. The fourth-order valence-corrected chi connectivity index (χ4v) is 1.83. The highest BCUT2D eigenvalue weighted by Crippen LogP contribution is 2.35. The summed E-state index contributed by atoms with van der Waals surface area (Å²) in [7, 11) is 0. The summed E-state index contributed by atoms with van der Waals surface area (Å²) in [5.74, 6) is 0. The van der Waals surface area contributed by atoms with E-state index in [-0.39, 0.29) is 11.6 Å². The van der Waals surface area contributed by atoms with Gasteiger partial charge in [0.1, 0.15) is 0 Å². The maximum absolute atomic E-state index is 5.94. The molecule has 1 aliphatic rings. The Bertz CT molecular complexity index is 320. The van der Waals surface area contributed by atoms with Crippen LogP contribution in [0.25, 0.3) is 0 Å². The molecule has 1 heterocycles. The molecular weight excluding hydrogens is 162 g/mol. The van der Waals surface area contributed by atoms with E-state index in [1.165, 1.54) is 11.1 Å². The molecule has 1 aromatic carbocycles. The summed E-state index contributed by atoms with van der Waals surface area (Å²) in [5, 5.41) is 0. The molecule has 0 aliphatic carbocycles. The molecule has 0 aromatic heterocycles. The van der Waals surface area contributed by atoms with Gasteiger partial charge in [0.15, 0.2) is 0 Å². The summed E-state index contributed by atoms with van der Waals surface area (Å²) in [6.45, 7) is 4.78. The van der Waals surface area contributed by atoms with Crippen LogP contribution < -0.4 is 5.73 Å². The van der Waals surface area contributed by atoms with Crippen molar-refractivity contribution in [2.24, 2.45) is 5.73 Å². The molecule has 1 unspecified atom stereocenters. The second-order valence-electron chi connectivity index (χ2n) is 4.02. The fourth-order valence-electron chi connectivity index (χ4n) is 1.83. The maximum atomic E-state index is 5.94. The van der Waals surface area contributed by atoms with E-state index < -0.39 is 0 Å². The smallest absolute Gasteiger partial charge is 0.0879 e. The van der Waals surface area contributed by atoms with Crippen molar-refractivity contribution in [3.8, 4) is 0 Å². The Morgan fingerprint density at radius 3 is 2.77 bits per heavy atom. The highest BCUT2D eigenvalue weighted by Gasteiger charge is 2.31. The molecule has 0 radical (unpaired) electrons. The predicted molar refractivity (Wildman–Crippen MR) is 52.3 cm³/mol. The minimum atomic E-state index is -0.188. The molecule has 0 amide bonds. The van der Waals surface area contributed by atoms with Crippen molar-refractivity contribution < 1.29 is 4.74 Å². The standard InChI is InChI=1S/C11H15NO/c1-11(2)9-6-4-3-5-8(9)10(12)7-13-11/h3-6,10H,7,12H2,1-2H3. The van der Waals surface area contributed by atoms with Crippen LogP contribution in [-0.4, -0.2) is 6.61 Å². The van der Waals surface area contributed by atoms with Gasteiger partial charge < -0.3 is 10.5 Å². The molecule has 1 aromatic rings. The summed E-state index contributed by atoms with van der Waals surface area (Å²) in [6.07, 6.45) is 0. The maximum Gasteiger partial charge on any atom is 0.0879 e. The third kappa shape index (κ3) is 1.36. The van der Waals surface area contributed by atoms with Crippen LogP contribution in [-0.2, 0) is 10.3 Å². The van der Waals surface area contributed by atoms with Crippen molar-refractivity contribution in [3.05, 3.63) is 35.4 Å². The first-order chi connectivity index (χ1) is 6.11. The first kappa shape index (κ1) is 8.73. The second kappa shape index (κ2) is 2.82. The third-order valence-corrected chi connectivity index (χ3v) is 2.63. The van der Waals surface area contributed by atoms with E-state index in [0.29, 0.717) is 6.61 Å². The van der Waals surface area contributed by atoms with Gasteiger partial charge in [0.2, 0.25) is 0 Å². The van der Waals surface area contributed by atoms with Gasteiger partial charge in [0.05, 0.1) is 18.2 Å². The molecule has 2 heteroatoms. The molecule has 2 rings (SSSR count). The molecule has 0 saturated carbocycles. The first-order valence-corrected chi connectivity index (χ1v) is 4.60. The van der Waals surface area contributed by atoms with Crippen LogP contribution in [0.4, 0.5) is 0 Å². The van der Waals surface area contributed by atoms with Crippen LogP contribution in [0.2, 0.25) is 0 Å². The van der Waals surface area contributed by atoms with Crippen molar-refractivity contribution in [2.75, 3.05) is 6.61 Å². The SMILES string of the molecule is CC1(C)OCC(N)c2ccccc21.